The van der Waals surface area contributed by atoms with Gasteiger partial charge in [-0.3, -0.25) is 9.67 Å². The summed E-state index contributed by atoms with van der Waals surface area (Å²) in [5.41, 5.74) is 1.69. The van der Waals surface area contributed by atoms with Crippen LogP contribution < -0.4 is 0 Å². The molecule has 29 heavy (non-hydrogen) atoms. The summed E-state index contributed by atoms with van der Waals surface area (Å²) in [6.07, 6.45) is -1.26. The van der Waals surface area contributed by atoms with Crippen LogP contribution in [0.5, 0.6) is 0 Å². The van der Waals surface area contributed by atoms with Gasteiger partial charge < -0.3 is 5.11 Å². The lowest BCUT2D eigenvalue weighted by Crippen LogP contribution is -2.07. The first-order valence-corrected chi connectivity index (χ1v) is 8.63. The van der Waals surface area contributed by atoms with Crippen molar-refractivity contribution in [3.05, 3.63) is 83.7 Å². The van der Waals surface area contributed by atoms with Gasteiger partial charge in [0.1, 0.15) is 0 Å². The van der Waals surface area contributed by atoms with Crippen LogP contribution in [0.2, 0.25) is 0 Å². The summed E-state index contributed by atoms with van der Waals surface area (Å²) < 4.78 is 40.4. The highest BCUT2D eigenvalue weighted by Gasteiger charge is 2.30. The fraction of sp³-hybridized carbons (Fsp3) is 0.0952. The van der Waals surface area contributed by atoms with Gasteiger partial charge in [0, 0.05) is 23.3 Å². The molecule has 5 nitrogen and oxygen atoms in total. The number of alkyl halides is 3. The predicted octanol–water partition coefficient (Wildman–Crippen LogP) is 4.86. The highest BCUT2D eigenvalue weighted by atomic mass is 19.4. The number of halogens is 3. The van der Waals surface area contributed by atoms with Gasteiger partial charge in [-0.15, -0.1) is 0 Å². The summed E-state index contributed by atoms with van der Waals surface area (Å²) in [6.45, 7) is 0.167. The maximum atomic E-state index is 12.9. The largest absolute Gasteiger partial charge is 0.478 e. The van der Waals surface area contributed by atoms with E-state index in [2.05, 4.69) is 10.1 Å². The minimum Gasteiger partial charge on any atom is -0.478 e. The summed E-state index contributed by atoms with van der Waals surface area (Å²) in [6, 6.07) is 13.3. The molecule has 2 heterocycles. The Morgan fingerprint density at radius 2 is 1.86 bits per heavy atom. The third-order valence-corrected chi connectivity index (χ3v) is 4.48. The smallest absolute Gasteiger partial charge is 0.416 e. The molecule has 146 valence electrons. The zero-order valence-corrected chi connectivity index (χ0v) is 14.9. The topological polar surface area (TPSA) is 68.0 Å². The fourth-order valence-corrected chi connectivity index (χ4v) is 3.14. The van der Waals surface area contributed by atoms with Crippen molar-refractivity contribution in [1.82, 2.24) is 14.8 Å². The zero-order chi connectivity index (χ0) is 20.6. The Morgan fingerprint density at radius 1 is 1.07 bits per heavy atom. The molecular weight excluding hydrogens is 383 g/mol. The molecular formula is C21H14F3N3O2. The SMILES string of the molecule is O=C(O)c1ccnc(-c2cccc3nn(Cc4cccc(C(F)(F)F)c4)cc23)c1. The third-order valence-electron chi connectivity index (χ3n) is 4.48. The van der Waals surface area contributed by atoms with E-state index in [-0.39, 0.29) is 12.1 Å². The van der Waals surface area contributed by atoms with Crippen molar-refractivity contribution in [1.29, 1.82) is 0 Å². The maximum absolute atomic E-state index is 12.9. The minimum atomic E-state index is -4.40. The van der Waals surface area contributed by atoms with Gasteiger partial charge in [0.2, 0.25) is 0 Å². The molecule has 0 aliphatic carbocycles. The average molecular weight is 397 g/mol. The van der Waals surface area contributed by atoms with E-state index in [4.69, 9.17) is 0 Å². The second kappa shape index (κ2) is 7.05. The van der Waals surface area contributed by atoms with Crippen molar-refractivity contribution in [2.24, 2.45) is 0 Å². The van der Waals surface area contributed by atoms with Crippen LogP contribution in [0.1, 0.15) is 21.5 Å². The van der Waals surface area contributed by atoms with Crippen LogP contribution in [-0.2, 0) is 12.7 Å². The van der Waals surface area contributed by atoms with Crippen LogP contribution in [0, 0.1) is 0 Å². The fourth-order valence-electron chi connectivity index (χ4n) is 3.14. The van der Waals surface area contributed by atoms with Crippen LogP contribution in [0.3, 0.4) is 0 Å². The molecule has 1 N–H and O–H groups in total. The molecule has 4 rings (SSSR count). The van der Waals surface area contributed by atoms with Gasteiger partial charge >= 0.3 is 12.1 Å². The molecule has 0 saturated heterocycles. The molecule has 0 radical (unpaired) electrons. The van der Waals surface area contributed by atoms with Crippen LogP contribution in [0.25, 0.3) is 22.2 Å². The molecule has 2 aromatic carbocycles. The highest BCUT2D eigenvalue weighted by molar-refractivity contribution is 5.95. The van der Waals surface area contributed by atoms with Gasteiger partial charge in [-0.25, -0.2) is 4.79 Å². The first-order chi connectivity index (χ1) is 13.8. The van der Waals surface area contributed by atoms with E-state index >= 15 is 0 Å². The van der Waals surface area contributed by atoms with Gasteiger partial charge in [-0.2, -0.15) is 18.3 Å². The van der Waals surface area contributed by atoms with Gasteiger partial charge in [-0.1, -0.05) is 24.3 Å². The van der Waals surface area contributed by atoms with E-state index in [0.717, 1.165) is 17.5 Å². The summed E-state index contributed by atoms with van der Waals surface area (Å²) in [5.74, 6) is -1.05. The van der Waals surface area contributed by atoms with Crippen molar-refractivity contribution in [3.63, 3.8) is 0 Å². The van der Waals surface area contributed by atoms with E-state index in [9.17, 15) is 23.1 Å². The number of carbonyl (C=O) groups is 1. The molecule has 2 aromatic heterocycles. The van der Waals surface area contributed by atoms with Crippen LogP contribution in [0.4, 0.5) is 13.2 Å². The number of pyridine rings is 1. The van der Waals surface area contributed by atoms with Crippen LogP contribution in [0.15, 0.2) is 67.0 Å². The number of hydrogen-bond donors (Lipinski definition) is 1. The Kier molecular flexibility index (Phi) is 4.54. The molecule has 0 unspecified atom stereocenters. The molecule has 0 atom stereocenters. The Balaban J connectivity index is 1.72. The van der Waals surface area contributed by atoms with E-state index in [1.165, 1.54) is 24.4 Å². The first kappa shape index (κ1) is 18.7. The Bertz CT molecular complexity index is 1220. The number of aromatic nitrogens is 3. The summed E-state index contributed by atoms with van der Waals surface area (Å²) >= 11 is 0. The monoisotopic (exact) mass is 397 g/mol. The van der Waals surface area contributed by atoms with Gasteiger partial charge in [-0.05, 0) is 35.9 Å². The van der Waals surface area contributed by atoms with Gasteiger partial charge in [0.25, 0.3) is 0 Å². The number of carboxylic acids is 1. The minimum absolute atomic E-state index is 0.114. The maximum Gasteiger partial charge on any atom is 0.416 e. The first-order valence-electron chi connectivity index (χ1n) is 8.63. The van der Waals surface area contributed by atoms with Crippen molar-refractivity contribution < 1.29 is 23.1 Å². The van der Waals surface area contributed by atoms with Gasteiger partial charge in [0.15, 0.2) is 0 Å². The van der Waals surface area contributed by atoms with Crippen molar-refractivity contribution in [3.8, 4) is 11.3 Å². The van der Waals surface area contributed by atoms with E-state index in [1.807, 2.05) is 0 Å². The number of carboxylic acid groups (broad SMARTS) is 1. The Hall–Kier alpha value is -3.68. The Morgan fingerprint density at radius 3 is 2.62 bits per heavy atom. The van der Waals surface area contributed by atoms with Gasteiger partial charge in [0.05, 0.1) is 28.9 Å². The number of benzene rings is 2. The lowest BCUT2D eigenvalue weighted by Gasteiger charge is -2.08. The quantitative estimate of drug-likeness (QED) is 0.534. The zero-order valence-electron chi connectivity index (χ0n) is 14.9. The molecule has 8 heteroatoms. The van der Waals surface area contributed by atoms with Crippen LogP contribution in [-0.4, -0.2) is 25.8 Å². The summed E-state index contributed by atoms with van der Waals surface area (Å²) in [5, 5.41) is 14.4. The predicted molar refractivity (Wildman–Crippen MR) is 100 cm³/mol. The molecule has 4 aromatic rings. The lowest BCUT2D eigenvalue weighted by atomic mass is 10.1. The van der Waals surface area contributed by atoms with Crippen molar-refractivity contribution in [2.75, 3.05) is 0 Å². The van der Waals surface area contributed by atoms with E-state index in [0.29, 0.717) is 22.3 Å². The third kappa shape index (κ3) is 3.82. The highest BCUT2D eigenvalue weighted by Crippen LogP contribution is 2.30. The number of nitrogens with zero attached hydrogens (tertiary/aromatic N) is 3. The second-order valence-electron chi connectivity index (χ2n) is 6.50. The van der Waals surface area contributed by atoms with Crippen molar-refractivity contribution in [2.45, 2.75) is 12.7 Å². The molecule has 0 aliphatic heterocycles. The number of fused-ring (bicyclic) bond motifs is 1. The average Bonchev–Trinajstić information content (AvgIpc) is 3.10. The number of aromatic carboxylic acids is 1. The van der Waals surface area contributed by atoms with Crippen molar-refractivity contribution >= 4 is 16.9 Å². The molecule has 0 spiro atoms. The normalized spacial score (nSPS) is 11.7. The molecule has 0 aliphatic rings. The lowest BCUT2D eigenvalue weighted by molar-refractivity contribution is -0.137. The van der Waals surface area contributed by atoms with E-state index in [1.54, 1.807) is 35.1 Å². The molecule has 0 fully saturated rings. The summed E-state index contributed by atoms with van der Waals surface area (Å²) in [4.78, 5) is 15.5. The van der Waals surface area contributed by atoms with Crippen LogP contribution >= 0.6 is 0 Å². The number of rotatable bonds is 4. The Labute approximate surface area is 163 Å². The molecule has 0 amide bonds. The summed E-state index contributed by atoms with van der Waals surface area (Å²) in [7, 11) is 0. The standard InChI is InChI=1S/C21H14F3N3O2/c22-21(23,24)15-4-1-3-13(9-15)11-27-12-17-16(5-2-6-18(17)26-27)19-10-14(20(28)29)7-8-25-19/h1-10,12H,11H2,(H,28,29). The van der Waals surface area contributed by atoms with E-state index < -0.39 is 17.7 Å². The molecule has 0 saturated carbocycles. The second-order valence-corrected chi connectivity index (χ2v) is 6.50. The number of hydrogen-bond acceptors (Lipinski definition) is 3. The molecule has 0 bridgehead atoms.